The maximum absolute atomic E-state index is 13.0. The maximum atomic E-state index is 13.0. The molecule has 1 saturated heterocycles. The van der Waals surface area contributed by atoms with Crippen LogP contribution in [0.4, 0.5) is 13.2 Å². The summed E-state index contributed by atoms with van der Waals surface area (Å²) >= 11 is 0.325. The van der Waals surface area contributed by atoms with E-state index in [4.69, 9.17) is 9.84 Å². The minimum absolute atomic E-state index is 0.0417. The molecular formula is C27H27AsF3NO7S2. The van der Waals surface area contributed by atoms with E-state index in [9.17, 15) is 36.3 Å². The Morgan fingerprint density at radius 3 is 2.41 bits per heavy atom. The summed E-state index contributed by atoms with van der Waals surface area (Å²) in [5.41, 5.74) is 0.559. The van der Waals surface area contributed by atoms with Crippen molar-refractivity contribution in [3.05, 3.63) is 70.1 Å². The monoisotopic (exact) mass is 673 g/mol. The van der Waals surface area contributed by atoms with Crippen LogP contribution in [-0.2, 0) is 26.7 Å². The average molecular weight is 674 g/mol. The van der Waals surface area contributed by atoms with E-state index in [1.807, 2.05) is 24.3 Å². The Morgan fingerprint density at radius 1 is 1.10 bits per heavy atom. The molecule has 2 aromatic carbocycles. The van der Waals surface area contributed by atoms with Crippen molar-refractivity contribution in [1.82, 2.24) is 4.31 Å². The molecule has 8 nitrogen and oxygen atoms in total. The molecule has 2 N–H and O–H groups in total. The molecule has 1 fully saturated rings. The molecule has 2 heterocycles. The van der Waals surface area contributed by atoms with Crippen molar-refractivity contribution in [3.63, 3.8) is 0 Å². The van der Waals surface area contributed by atoms with E-state index in [-0.39, 0.29) is 16.2 Å². The molecule has 4 rings (SSSR count). The van der Waals surface area contributed by atoms with Crippen LogP contribution in [0.5, 0.6) is 5.75 Å². The van der Waals surface area contributed by atoms with Crippen LogP contribution in [-0.4, -0.2) is 70.3 Å². The standard InChI is InChI=1S/C27H27AsF3NO7S2/c1-16-23(39-14-22(33)34)25(26(35)36)40-24(16)18-5-3-7-21(13-18)28-20-8-10-32(11-9-20)41(37,38)15-17-4-2-6-19(12-17)27(29,30)31/h2-7,12-13,20,28H,8-11,14-15H2,1H3,(H,33,34)(H,35,36). The zero-order valence-corrected chi connectivity index (χ0v) is 25.5. The molecule has 0 aliphatic carbocycles. The molecule has 1 aliphatic heterocycles. The summed E-state index contributed by atoms with van der Waals surface area (Å²) in [6.07, 6.45) is -3.27. The van der Waals surface area contributed by atoms with Crippen LogP contribution < -0.4 is 9.09 Å². The number of aromatic carboxylic acids is 1. The second-order valence-electron chi connectivity index (χ2n) is 9.55. The van der Waals surface area contributed by atoms with Crippen molar-refractivity contribution in [2.75, 3.05) is 19.7 Å². The first-order valence-corrected chi connectivity index (χ1v) is 17.2. The molecule has 14 heteroatoms. The Labute approximate surface area is 245 Å². The van der Waals surface area contributed by atoms with Gasteiger partial charge in [0, 0.05) is 0 Å². The number of carboxylic acid groups (broad SMARTS) is 2. The summed E-state index contributed by atoms with van der Waals surface area (Å²) < 4.78 is 73.0. The molecule has 0 amide bonds. The van der Waals surface area contributed by atoms with Gasteiger partial charge >= 0.3 is 246 Å². The summed E-state index contributed by atoms with van der Waals surface area (Å²) in [7, 11) is -3.78. The second-order valence-corrected chi connectivity index (χ2v) is 16.1. The van der Waals surface area contributed by atoms with Gasteiger partial charge in [-0.25, -0.2) is 0 Å². The number of hydrogen-bond acceptors (Lipinski definition) is 6. The van der Waals surface area contributed by atoms with Crippen molar-refractivity contribution >= 4 is 53.4 Å². The van der Waals surface area contributed by atoms with Gasteiger partial charge in [0.2, 0.25) is 0 Å². The Balaban J connectivity index is 1.42. The Kier molecular flexibility index (Phi) is 9.52. The SMILES string of the molecule is Cc1c(-c2cccc([AsH]C3CCN(S(=O)(=O)Cc4cccc(C(F)(F)F)c4)CC3)c2)sc(C(=O)O)c1OCC(=O)O. The van der Waals surface area contributed by atoms with E-state index in [1.54, 1.807) is 6.92 Å². The van der Waals surface area contributed by atoms with E-state index < -0.39 is 61.8 Å². The van der Waals surface area contributed by atoms with Crippen molar-refractivity contribution in [3.8, 4) is 16.2 Å². The number of rotatable bonds is 10. The van der Waals surface area contributed by atoms with Crippen LogP contribution in [0.2, 0.25) is 4.71 Å². The summed E-state index contributed by atoms with van der Waals surface area (Å²) in [6, 6.07) is 12.1. The fraction of sp³-hybridized carbons (Fsp3) is 0.333. The van der Waals surface area contributed by atoms with Crippen LogP contribution in [0.1, 0.15) is 39.2 Å². The Hall–Kier alpha value is -2.86. The first-order chi connectivity index (χ1) is 19.2. The van der Waals surface area contributed by atoms with Crippen molar-refractivity contribution < 1.29 is 46.1 Å². The molecule has 0 bridgehead atoms. The Bertz CT molecular complexity index is 1550. The van der Waals surface area contributed by atoms with Crippen LogP contribution in [0, 0.1) is 6.92 Å². The number of piperidine rings is 1. The molecule has 1 aliphatic rings. The number of nitrogens with zero attached hydrogens (tertiary/aromatic N) is 1. The molecule has 41 heavy (non-hydrogen) atoms. The first-order valence-electron chi connectivity index (χ1n) is 12.5. The van der Waals surface area contributed by atoms with Crippen LogP contribution in [0.15, 0.2) is 48.5 Å². The third-order valence-electron chi connectivity index (χ3n) is 6.57. The number of hydrogen-bond donors (Lipinski definition) is 2. The molecule has 3 aromatic rings. The van der Waals surface area contributed by atoms with Crippen molar-refractivity contribution in [2.45, 2.75) is 36.4 Å². The Morgan fingerprint density at radius 2 is 1.78 bits per heavy atom. The summed E-state index contributed by atoms with van der Waals surface area (Å²) in [5, 5.41) is 18.5. The summed E-state index contributed by atoms with van der Waals surface area (Å²) in [5.74, 6) is -2.86. The third kappa shape index (κ3) is 7.71. The van der Waals surface area contributed by atoms with Gasteiger partial charge in [-0.1, -0.05) is 0 Å². The number of thiophene rings is 1. The van der Waals surface area contributed by atoms with Gasteiger partial charge in [0.1, 0.15) is 0 Å². The third-order valence-corrected chi connectivity index (χ3v) is 13.2. The summed E-state index contributed by atoms with van der Waals surface area (Å²) in [4.78, 5) is 23.3. The van der Waals surface area contributed by atoms with E-state index in [0.717, 1.165) is 33.4 Å². The zero-order chi connectivity index (χ0) is 29.9. The number of ether oxygens (including phenoxy) is 1. The van der Waals surface area contributed by atoms with Gasteiger partial charge in [-0.05, 0) is 0 Å². The quantitative estimate of drug-likeness (QED) is 0.307. The predicted octanol–water partition coefficient (Wildman–Crippen LogP) is 4.38. The zero-order valence-electron chi connectivity index (χ0n) is 21.8. The minimum atomic E-state index is -4.54. The molecule has 0 saturated carbocycles. The van der Waals surface area contributed by atoms with Gasteiger partial charge in [-0.3, -0.25) is 0 Å². The number of sulfonamides is 1. The van der Waals surface area contributed by atoms with Crippen molar-refractivity contribution in [1.29, 1.82) is 0 Å². The molecular weight excluding hydrogens is 646 g/mol. The van der Waals surface area contributed by atoms with E-state index in [1.165, 1.54) is 16.4 Å². The van der Waals surface area contributed by atoms with Gasteiger partial charge in [0.25, 0.3) is 0 Å². The van der Waals surface area contributed by atoms with Gasteiger partial charge in [-0.2, -0.15) is 0 Å². The molecule has 0 radical (unpaired) electrons. The van der Waals surface area contributed by atoms with Gasteiger partial charge in [-0.15, -0.1) is 0 Å². The molecule has 1 atom stereocenters. The van der Waals surface area contributed by atoms with E-state index in [0.29, 0.717) is 41.1 Å². The number of halogens is 3. The van der Waals surface area contributed by atoms with E-state index >= 15 is 0 Å². The molecule has 1 unspecified atom stereocenters. The number of carbonyl (C=O) groups is 2. The van der Waals surface area contributed by atoms with Crippen LogP contribution in [0.3, 0.4) is 0 Å². The average Bonchev–Trinajstić information content (AvgIpc) is 3.23. The second kappa shape index (κ2) is 12.6. The topological polar surface area (TPSA) is 121 Å². The fourth-order valence-electron chi connectivity index (χ4n) is 4.63. The predicted molar refractivity (Wildman–Crippen MR) is 150 cm³/mol. The molecule has 0 spiro atoms. The number of alkyl halides is 3. The number of aliphatic carboxylic acids is 1. The molecule has 1 aromatic heterocycles. The van der Waals surface area contributed by atoms with Crippen molar-refractivity contribution in [2.24, 2.45) is 0 Å². The van der Waals surface area contributed by atoms with Gasteiger partial charge < -0.3 is 0 Å². The van der Waals surface area contributed by atoms with E-state index in [2.05, 4.69) is 0 Å². The molecule has 220 valence electrons. The first kappa shape index (κ1) is 31.1. The van der Waals surface area contributed by atoms with Gasteiger partial charge in [0.15, 0.2) is 0 Å². The van der Waals surface area contributed by atoms with Gasteiger partial charge in [0.05, 0.1) is 0 Å². The fourth-order valence-corrected chi connectivity index (χ4v) is 10.3. The van der Waals surface area contributed by atoms with Crippen LogP contribution in [0.25, 0.3) is 10.4 Å². The normalized spacial score (nSPS) is 15.4. The van der Waals surface area contributed by atoms with Crippen LogP contribution >= 0.6 is 11.3 Å². The number of carboxylic acids is 2. The summed E-state index contributed by atoms with van der Waals surface area (Å²) in [6.45, 7) is 1.63. The number of benzene rings is 2.